The number of piperazine rings is 1. The fourth-order valence-electron chi connectivity index (χ4n) is 6.65. The molecule has 2 saturated heterocycles. The largest absolute Gasteiger partial charge is 0.462 e. The predicted molar refractivity (Wildman–Crippen MR) is 161 cm³/mol. The van der Waals surface area contributed by atoms with Crippen LogP contribution in [0, 0.1) is 11.3 Å². The Morgan fingerprint density at radius 1 is 1.14 bits per heavy atom. The van der Waals surface area contributed by atoms with Crippen LogP contribution in [0.4, 0.5) is 20.3 Å². The number of aromatic nitrogens is 2. The van der Waals surface area contributed by atoms with Crippen molar-refractivity contribution in [3.63, 3.8) is 0 Å². The molecule has 11 heteroatoms. The second-order valence-corrected chi connectivity index (χ2v) is 11.7. The maximum absolute atomic E-state index is 14.0. The number of alkyl halides is 2. The van der Waals surface area contributed by atoms with Crippen LogP contribution in [-0.4, -0.2) is 95.5 Å². The Morgan fingerprint density at radius 2 is 1.95 bits per heavy atom. The number of likely N-dealkylation sites (tertiary alicyclic amines) is 1. The number of fused-ring (bicyclic) bond motifs is 2. The fraction of sp³-hybridized carbons (Fsp3) is 0.469. The number of rotatable bonds is 8. The van der Waals surface area contributed by atoms with Crippen LogP contribution in [-0.2, 0) is 13.0 Å². The summed E-state index contributed by atoms with van der Waals surface area (Å²) >= 11 is 0. The van der Waals surface area contributed by atoms with Crippen molar-refractivity contribution in [2.24, 2.45) is 0 Å². The van der Waals surface area contributed by atoms with Gasteiger partial charge in [-0.15, -0.1) is 0 Å². The first kappa shape index (κ1) is 29.2. The lowest BCUT2D eigenvalue weighted by molar-refractivity contribution is 0.00430. The summed E-state index contributed by atoms with van der Waals surface area (Å²) in [5, 5.41) is 22.3. The summed E-state index contributed by atoms with van der Waals surface area (Å²) in [6.07, 6.45) is 1.33. The molecular weight excluding hydrogens is 552 g/mol. The Morgan fingerprint density at radius 3 is 2.72 bits per heavy atom. The average Bonchev–Trinajstić information content (AvgIpc) is 3.29. The van der Waals surface area contributed by atoms with Crippen molar-refractivity contribution < 1.29 is 18.6 Å². The Kier molecular flexibility index (Phi) is 8.18. The van der Waals surface area contributed by atoms with Gasteiger partial charge < -0.3 is 19.6 Å². The van der Waals surface area contributed by atoms with Crippen molar-refractivity contribution in [3.8, 4) is 12.1 Å². The molecule has 0 saturated carbocycles. The molecule has 43 heavy (non-hydrogen) atoms. The zero-order valence-electron chi connectivity index (χ0n) is 24.4. The van der Waals surface area contributed by atoms with Crippen LogP contribution in [0.5, 0.6) is 6.01 Å². The number of ether oxygens (including phenoxy) is 1. The third kappa shape index (κ3) is 6.00. The lowest BCUT2D eigenvalue weighted by Crippen LogP contribution is -2.56. The van der Waals surface area contributed by atoms with Crippen LogP contribution in [0.1, 0.15) is 24.1 Å². The molecule has 6 rings (SSSR count). The molecule has 0 aliphatic carbocycles. The molecule has 2 fully saturated rings. The predicted octanol–water partition coefficient (Wildman–Crippen LogP) is 3.82. The maximum atomic E-state index is 14.0. The Labute approximate surface area is 250 Å². The lowest BCUT2D eigenvalue weighted by Gasteiger charge is -2.43. The molecule has 1 N–H and O–H groups in total. The summed E-state index contributed by atoms with van der Waals surface area (Å²) in [6.45, 7) is 6.41. The second-order valence-electron chi connectivity index (χ2n) is 11.7. The van der Waals surface area contributed by atoms with Gasteiger partial charge in [0.25, 0.3) is 5.92 Å². The third-order valence-corrected chi connectivity index (χ3v) is 8.88. The molecule has 3 aromatic rings. The summed E-state index contributed by atoms with van der Waals surface area (Å²) in [6, 6.07) is 16.4. The molecule has 1 aromatic heterocycles. The van der Waals surface area contributed by atoms with Crippen molar-refractivity contribution in [1.82, 2.24) is 19.8 Å². The molecule has 0 radical (unpaired) electrons. The number of halogens is 2. The van der Waals surface area contributed by atoms with Crippen LogP contribution in [0.2, 0.25) is 0 Å². The van der Waals surface area contributed by atoms with Crippen molar-refractivity contribution in [2.75, 3.05) is 56.2 Å². The topological polar surface area (TPSA) is 92.0 Å². The minimum absolute atomic E-state index is 0.0632. The van der Waals surface area contributed by atoms with E-state index in [1.165, 1.54) is 16.8 Å². The van der Waals surface area contributed by atoms with E-state index in [9.17, 15) is 19.1 Å². The highest BCUT2D eigenvalue weighted by Crippen LogP contribution is 2.36. The van der Waals surface area contributed by atoms with Gasteiger partial charge in [0.15, 0.2) is 0 Å². The molecule has 3 aliphatic rings. The molecule has 3 aliphatic heterocycles. The van der Waals surface area contributed by atoms with Gasteiger partial charge in [-0.2, -0.15) is 15.2 Å². The van der Waals surface area contributed by atoms with E-state index in [2.05, 4.69) is 52.8 Å². The van der Waals surface area contributed by atoms with Gasteiger partial charge in [0.05, 0.1) is 31.3 Å². The molecule has 0 spiro atoms. The highest BCUT2D eigenvalue weighted by molar-refractivity contribution is 5.94. The maximum Gasteiger partial charge on any atom is 0.318 e. The van der Waals surface area contributed by atoms with E-state index in [1.54, 1.807) is 11.9 Å². The number of likely N-dealkylation sites (N-methyl/N-ethyl adjacent to an activating group) is 1. The smallest absolute Gasteiger partial charge is 0.318 e. The fourth-order valence-corrected chi connectivity index (χ4v) is 6.65. The molecule has 226 valence electrons. The summed E-state index contributed by atoms with van der Waals surface area (Å²) < 4.78 is 34.1. The Hall–Kier alpha value is -3.85. The van der Waals surface area contributed by atoms with Crippen molar-refractivity contribution in [3.05, 3.63) is 66.4 Å². The monoisotopic (exact) mass is 589 g/mol. The number of benzene rings is 2. The molecule has 2 aromatic carbocycles. The zero-order valence-corrected chi connectivity index (χ0v) is 24.4. The number of hydrogen-bond donors (Lipinski definition) is 1. The van der Waals surface area contributed by atoms with Gasteiger partial charge in [-0.05, 0) is 31.0 Å². The second kappa shape index (κ2) is 12.0. The molecule has 0 bridgehead atoms. The number of nitrogens with zero attached hydrogens (tertiary/aromatic N) is 7. The van der Waals surface area contributed by atoms with Gasteiger partial charge in [-0.25, -0.2) is 8.78 Å². The van der Waals surface area contributed by atoms with Crippen LogP contribution >= 0.6 is 0 Å². The van der Waals surface area contributed by atoms with E-state index in [0.29, 0.717) is 32.6 Å². The van der Waals surface area contributed by atoms with Crippen LogP contribution in [0.15, 0.2) is 55.1 Å². The zero-order chi connectivity index (χ0) is 30.1. The first-order chi connectivity index (χ1) is 20.8. The Balaban J connectivity index is 1.32. The van der Waals surface area contributed by atoms with Gasteiger partial charge in [0.1, 0.15) is 18.7 Å². The minimum atomic E-state index is -2.74. The standard InChI is InChI=1S/C32H37F2N7O2/c1-3-29(42)41-16-15-40(18-23(41)11-13-35)30-26-12-14-39(28-10-6-8-22-7-4-5-9-25(22)28)19-27(26)36-31(37-30)43-20-24-17-32(33,34)21-38(24)2/h3-10,23-24,29,42H,1,11-12,14-21H2,2H3/t23-,24-,29?/m0/s1. The number of anilines is 2. The van der Waals surface area contributed by atoms with Crippen LogP contribution in [0.3, 0.4) is 0 Å². The van der Waals surface area contributed by atoms with Gasteiger partial charge in [-0.1, -0.05) is 43.0 Å². The number of hydrogen-bond acceptors (Lipinski definition) is 9. The van der Waals surface area contributed by atoms with E-state index in [1.807, 2.05) is 17.0 Å². The summed E-state index contributed by atoms with van der Waals surface area (Å²) in [7, 11) is 1.68. The highest BCUT2D eigenvalue weighted by Gasteiger charge is 2.43. The summed E-state index contributed by atoms with van der Waals surface area (Å²) in [5.74, 6) is -1.99. The highest BCUT2D eigenvalue weighted by atomic mass is 19.3. The molecule has 3 atom stereocenters. The van der Waals surface area contributed by atoms with Crippen LogP contribution in [0.25, 0.3) is 10.8 Å². The Bertz CT molecular complexity index is 1520. The lowest BCUT2D eigenvalue weighted by atomic mass is 10.0. The van der Waals surface area contributed by atoms with E-state index in [-0.39, 0.29) is 38.0 Å². The van der Waals surface area contributed by atoms with Crippen LogP contribution < -0.4 is 14.5 Å². The van der Waals surface area contributed by atoms with Gasteiger partial charge in [-0.3, -0.25) is 9.80 Å². The van der Waals surface area contributed by atoms with E-state index in [4.69, 9.17) is 14.7 Å². The first-order valence-electron chi connectivity index (χ1n) is 14.8. The molecule has 4 heterocycles. The first-order valence-corrected chi connectivity index (χ1v) is 14.8. The quantitative estimate of drug-likeness (QED) is 0.394. The van der Waals surface area contributed by atoms with E-state index >= 15 is 0 Å². The van der Waals surface area contributed by atoms with Crippen molar-refractivity contribution in [1.29, 1.82) is 5.26 Å². The summed E-state index contributed by atoms with van der Waals surface area (Å²) in [5.41, 5.74) is 3.00. The molecular formula is C32H37F2N7O2. The molecule has 0 amide bonds. The normalized spacial score (nSPS) is 23.1. The van der Waals surface area contributed by atoms with Gasteiger partial charge in [0.2, 0.25) is 0 Å². The number of nitriles is 1. The molecule has 1 unspecified atom stereocenters. The van der Waals surface area contributed by atoms with Crippen molar-refractivity contribution in [2.45, 2.75) is 50.0 Å². The minimum Gasteiger partial charge on any atom is -0.462 e. The SMILES string of the molecule is C=CC(O)N1CCN(c2nc(OC[C@@H]3CC(F)(F)CN3C)nc3c2CCN(c2cccc4ccccc24)C3)C[C@@H]1CC#N. The summed E-state index contributed by atoms with van der Waals surface area (Å²) in [4.78, 5) is 17.6. The molecule has 9 nitrogen and oxygen atoms in total. The van der Waals surface area contributed by atoms with Gasteiger partial charge >= 0.3 is 6.01 Å². The van der Waals surface area contributed by atoms with Gasteiger partial charge in [0, 0.05) is 61.3 Å². The van der Waals surface area contributed by atoms with E-state index < -0.39 is 18.2 Å². The van der Waals surface area contributed by atoms with E-state index in [0.717, 1.165) is 29.3 Å². The van der Waals surface area contributed by atoms with Crippen molar-refractivity contribution >= 4 is 22.3 Å². The third-order valence-electron chi connectivity index (χ3n) is 8.88. The number of aliphatic hydroxyl groups excluding tert-OH is 1. The average molecular weight is 590 g/mol. The number of aliphatic hydroxyl groups is 1.